The Labute approximate surface area is 220 Å². The minimum atomic E-state index is -1.96. The average Bonchev–Trinajstić information content (AvgIpc) is 3.04. The van der Waals surface area contributed by atoms with Crippen LogP contribution in [0.3, 0.4) is 0 Å². The number of esters is 2. The topological polar surface area (TPSA) is 83.4 Å². The summed E-state index contributed by atoms with van der Waals surface area (Å²) in [5.41, 5.74) is 0. The molecule has 0 saturated heterocycles. The summed E-state index contributed by atoms with van der Waals surface area (Å²) in [5.74, 6) is -0.842. The van der Waals surface area contributed by atoms with E-state index in [1.54, 1.807) is 0 Å². The molecule has 0 aromatic heterocycles. The van der Waals surface area contributed by atoms with Gasteiger partial charge in [-0.3, -0.25) is 9.59 Å². The van der Waals surface area contributed by atoms with Crippen molar-refractivity contribution >= 4 is 83.5 Å². The summed E-state index contributed by atoms with van der Waals surface area (Å²) >= 11 is 20.3. The van der Waals surface area contributed by atoms with Gasteiger partial charge in [0.15, 0.2) is 8.32 Å². The number of ether oxygens (including phenoxy) is 3. The van der Waals surface area contributed by atoms with Crippen LogP contribution in [0.15, 0.2) is 4.99 Å². The molecule has 1 aliphatic heterocycles. The lowest BCUT2D eigenvalue weighted by molar-refractivity contribution is -0.144. The maximum absolute atomic E-state index is 11.5. The van der Waals surface area contributed by atoms with Gasteiger partial charge in [-0.25, -0.2) is 4.99 Å². The minimum absolute atomic E-state index is 0.0128. The maximum atomic E-state index is 11.5. The van der Waals surface area contributed by atoms with Crippen LogP contribution >= 0.6 is 57.4 Å². The zero-order valence-corrected chi connectivity index (χ0v) is 25.0. The Balaban J connectivity index is 3.10. The van der Waals surface area contributed by atoms with Crippen LogP contribution in [0.5, 0.6) is 0 Å². The highest BCUT2D eigenvalue weighted by Crippen LogP contribution is 2.42. The fraction of sp³-hybridized carbons (Fsp3) is 0.850. The smallest absolute Gasteiger partial charge is 0.302 e. The zero-order chi connectivity index (χ0) is 25.0. The van der Waals surface area contributed by atoms with Gasteiger partial charge in [-0.1, -0.05) is 78.2 Å². The molecule has 0 bridgehead atoms. The van der Waals surface area contributed by atoms with Crippen LogP contribution in [0.4, 0.5) is 0 Å². The van der Waals surface area contributed by atoms with Crippen LogP contribution in [0.25, 0.3) is 0 Å². The molecule has 12 heteroatoms. The molecule has 0 radical (unpaired) electrons. The summed E-state index contributed by atoms with van der Waals surface area (Å²) < 4.78 is 20.1. The molecule has 0 spiro atoms. The van der Waals surface area contributed by atoms with Gasteiger partial charge >= 0.3 is 11.9 Å². The van der Waals surface area contributed by atoms with Crippen molar-refractivity contribution in [2.45, 2.75) is 85.0 Å². The number of aliphatic imine (C=N–C) groups is 1. The second kappa shape index (κ2) is 11.7. The molecular formula is C20H33Cl3INO6Si. The predicted molar refractivity (Wildman–Crippen MR) is 139 cm³/mol. The monoisotopic (exact) mass is 643 g/mol. The molecule has 186 valence electrons. The molecule has 0 aromatic rings. The van der Waals surface area contributed by atoms with Gasteiger partial charge in [0.25, 0.3) is 3.79 Å². The van der Waals surface area contributed by atoms with Crippen molar-refractivity contribution in [1.29, 1.82) is 0 Å². The van der Waals surface area contributed by atoms with Crippen molar-refractivity contribution in [2.24, 2.45) is 4.99 Å². The Morgan fingerprint density at radius 3 is 2.12 bits per heavy atom. The lowest BCUT2D eigenvalue weighted by Gasteiger charge is -2.37. The van der Waals surface area contributed by atoms with Crippen LogP contribution in [0.1, 0.15) is 47.5 Å². The molecular weight excluding hydrogens is 612 g/mol. The molecule has 1 unspecified atom stereocenters. The molecule has 0 fully saturated rings. The van der Waals surface area contributed by atoms with Crippen molar-refractivity contribution in [1.82, 2.24) is 0 Å². The van der Waals surface area contributed by atoms with Gasteiger partial charge < -0.3 is 18.6 Å². The van der Waals surface area contributed by atoms with Gasteiger partial charge in [-0.05, 0) is 18.1 Å². The molecule has 0 saturated carbocycles. The molecule has 7 nitrogen and oxygen atoms in total. The van der Waals surface area contributed by atoms with Crippen LogP contribution in [-0.2, 0) is 28.2 Å². The van der Waals surface area contributed by atoms with Crippen LogP contribution in [-0.4, -0.2) is 65.3 Å². The largest absolute Gasteiger partial charge is 0.472 e. The first-order valence-electron chi connectivity index (χ1n) is 10.3. The zero-order valence-electron chi connectivity index (χ0n) is 19.6. The molecule has 3 atom stereocenters. The van der Waals surface area contributed by atoms with Gasteiger partial charge in [-0.15, -0.1) is 0 Å². The third kappa shape index (κ3) is 9.09. The number of alkyl halides is 4. The van der Waals surface area contributed by atoms with E-state index in [1.165, 1.54) is 13.8 Å². The third-order valence-electron chi connectivity index (χ3n) is 5.65. The van der Waals surface area contributed by atoms with Crippen molar-refractivity contribution in [3.63, 3.8) is 0 Å². The lowest BCUT2D eigenvalue weighted by Crippen LogP contribution is -2.47. The van der Waals surface area contributed by atoms with E-state index in [-0.39, 0.29) is 24.1 Å². The van der Waals surface area contributed by atoms with E-state index in [0.29, 0.717) is 19.4 Å². The third-order valence-corrected chi connectivity index (χ3v) is 12.2. The number of carbonyl (C=O) groups is 2. The molecule has 0 N–H and O–H groups in total. The summed E-state index contributed by atoms with van der Waals surface area (Å²) in [7, 11) is -1.96. The standard InChI is InChI=1S/C20H33Cl3INO6Si/c1-13(26)28-11-9-19(24,12-29-14(2)27)16-15(31-17(25-16)20(21,22)23)8-10-30-32(6,7)18(3,4)5/h15-16H,8-12H2,1-7H3/t15-,16+,19?/m1/s1. The van der Waals surface area contributed by atoms with Crippen LogP contribution in [0, 0.1) is 0 Å². The van der Waals surface area contributed by atoms with Crippen molar-refractivity contribution < 1.29 is 28.2 Å². The second-order valence-electron chi connectivity index (χ2n) is 9.34. The van der Waals surface area contributed by atoms with E-state index < -0.39 is 39.6 Å². The van der Waals surface area contributed by atoms with Crippen molar-refractivity contribution in [3.05, 3.63) is 0 Å². The highest BCUT2D eigenvalue weighted by molar-refractivity contribution is 14.1. The number of carbonyl (C=O) groups excluding carboxylic acids is 2. The lowest BCUT2D eigenvalue weighted by atomic mass is 9.92. The number of hydrogen-bond donors (Lipinski definition) is 0. The summed E-state index contributed by atoms with van der Waals surface area (Å²) in [4.78, 5) is 27.3. The molecule has 1 aliphatic rings. The Hall–Kier alpha value is 0.187. The summed E-state index contributed by atoms with van der Waals surface area (Å²) in [6.07, 6.45) is 0.406. The number of hydrogen-bond acceptors (Lipinski definition) is 7. The molecule has 1 heterocycles. The molecule has 0 amide bonds. The van der Waals surface area contributed by atoms with E-state index >= 15 is 0 Å². The highest BCUT2D eigenvalue weighted by atomic mass is 127. The van der Waals surface area contributed by atoms with Gasteiger partial charge in [0, 0.05) is 33.3 Å². The number of halogens is 4. The predicted octanol–water partition coefficient (Wildman–Crippen LogP) is 5.62. The highest BCUT2D eigenvalue weighted by Gasteiger charge is 2.50. The van der Waals surface area contributed by atoms with E-state index in [9.17, 15) is 9.59 Å². The molecule has 1 rings (SSSR count). The first-order chi connectivity index (χ1) is 14.4. The average molecular weight is 645 g/mol. The molecule has 0 aromatic carbocycles. The Morgan fingerprint density at radius 1 is 1.09 bits per heavy atom. The number of rotatable bonds is 10. The van der Waals surface area contributed by atoms with E-state index in [0.717, 1.165) is 0 Å². The summed E-state index contributed by atoms with van der Waals surface area (Å²) in [6.45, 7) is 14.1. The Kier molecular flexibility index (Phi) is 11.1. The fourth-order valence-electron chi connectivity index (χ4n) is 2.79. The van der Waals surface area contributed by atoms with E-state index in [2.05, 4.69) is 61.4 Å². The quantitative estimate of drug-likeness (QED) is 0.133. The molecule has 0 aliphatic carbocycles. The van der Waals surface area contributed by atoms with Gasteiger partial charge in [0.1, 0.15) is 18.8 Å². The minimum Gasteiger partial charge on any atom is -0.472 e. The Bertz CT molecular complexity index is 710. The van der Waals surface area contributed by atoms with Crippen LogP contribution in [0.2, 0.25) is 18.1 Å². The summed E-state index contributed by atoms with van der Waals surface area (Å²) in [6, 6.07) is -0.508. The SMILES string of the molecule is CC(=O)OCCC(I)(COC(C)=O)[C@H]1N=C(C(Cl)(Cl)Cl)O[C@@H]1CCO[Si](C)(C)C(C)(C)C. The maximum Gasteiger partial charge on any atom is 0.302 e. The summed E-state index contributed by atoms with van der Waals surface area (Å²) in [5, 5.41) is 0.0640. The fourth-order valence-corrected chi connectivity index (χ4v) is 5.05. The Morgan fingerprint density at radius 2 is 1.66 bits per heavy atom. The second-order valence-corrected chi connectivity index (χ2v) is 18.6. The van der Waals surface area contributed by atoms with Gasteiger partial charge in [0.2, 0.25) is 5.90 Å². The van der Waals surface area contributed by atoms with Crippen molar-refractivity contribution in [2.75, 3.05) is 19.8 Å². The van der Waals surface area contributed by atoms with Gasteiger partial charge in [0.05, 0.1) is 10.0 Å². The number of nitrogens with zero attached hydrogens (tertiary/aromatic N) is 1. The van der Waals surface area contributed by atoms with Gasteiger partial charge in [-0.2, -0.15) is 0 Å². The normalized spacial score (nSPS) is 21.4. The van der Waals surface area contributed by atoms with E-state index in [4.69, 9.17) is 53.4 Å². The first kappa shape index (κ1) is 30.2. The van der Waals surface area contributed by atoms with Crippen molar-refractivity contribution in [3.8, 4) is 0 Å². The molecule has 32 heavy (non-hydrogen) atoms. The van der Waals surface area contributed by atoms with Crippen LogP contribution < -0.4 is 0 Å². The first-order valence-corrected chi connectivity index (χ1v) is 15.4. The van der Waals surface area contributed by atoms with E-state index in [1.807, 2.05) is 0 Å².